The summed E-state index contributed by atoms with van der Waals surface area (Å²) in [5.41, 5.74) is 6.79. The molecule has 0 saturated carbocycles. The molecule has 0 aromatic heterocycles. The molecule has 1 atom stereocenters. The van der Waals surface area contributed by atoms with E-state index in [1.165, 1.54) is 0 Å². The van der Waals surface area contributed by atoms with Crippen LogP contribution < -0.4 is 63.5 Å². The Morgan fingerprint density at radius 3 is 2.60 bits per heavy atom. The molecule has 1 amide bonds. The summed E-state index contributed by atoms with van der Waals surface area (Å²) in [7, 11) is 0. The van der Waals surface area contributed by atoms with Crippen LogP contribution in [0.3, 0.4) is 0 Å². The number of rotatable bonds is 1. The standard InChI is InChI=1S/C6H12N2O.Rb/c7-6(9)5-2-1-3-8-4-5;/h5,8H,1-4H2,(H2,7,9);/q;+1/p-1. The van der Waals surface area contributed by atoms with Crippen molar-refractivity contribution in [2.75, 3.05) is 13.1 Å². The summed E-state index contributed by atoms with van der Waals surface area (Å²) < 4.78 is 0. The SMILES string of the molecule is [NH-]C(=O)C1CCCNC1.[Rb+]. The zero-order valence-corrected chi connectivity index (χ0v) is 11.2. The second-order valence-corrected chi connectivity index (χ2v) is 2.41. The first-order valence-electron chi connectivity index (χ1n) is 3.27. The van der Waals surface area contributed by atoms with E-state index in [0.29, 0.717) is 6.54 Å². The number of carbonyl (C=O) groups is 1. The molecule has 0 spiro atoms. The second-order valence-electron chi connectivity index (χ2n) is 2.41. The molecule has 0 radical (unpaired) electrons. The van der Waals surface area contributed by atoms with Crippen molar-refractivity contribution in [2.24, 2.45) is 5.92 Å². The second kappa shape index (κ2) is 5.83. The van der Waals surface area contributed by atoms with Crippen LogP contribution in [0.2, 0.25) is 0 Å². The Kier molecular flexibility index (Phi) is 6.55. The maximum Gasteiger partial charge on any atom is 1.00 e. The molecule has 1 saturated heterocycles. The van der Waals surface area contributed by atoms with Crippen molar-refractivity contribution < 1.29 is 63.0 Å². The minimum atomic E-state index is -0.415. The van der Waals surface area contributed by atoms with Crippen LogP contribution in [-0.2, 0) is 4.79 Å². The number of piperidine rings is 1. The molecule has 10 heavy (non-hydrogen) atoms. The molecule has 0 aliphatic carbocycles. The van der Waals surface area contributed by atoms with Crippen molar-refractivity contribution in [1.82, 2.24) is 5.32 Å². The van der Waals surface area contributed by atoms with Crippen LogP contribution in [-0.4, -0.2) is 19.0 Å². The number of hydrogen-bond acceptors (Lipinski definition) is 2. The number of hydrogen-bond donors (Lipinski definition) is 1. The van der Waals surface area contributed by atoms with Crippen LogP contribution in [0, 0.1) is 5.92 Å². The Hall–Kier alpha value is 1.24. The van der Waals surface area contributed by atoms with Gasteiger partial charge in [-0.25, -0.2) is 0 Å². The van der Waals surface area contributed by atoms with Crippen LogP contribution >= 0.6 is 0 Å². The molecule has 1 unspecified atom stereocenters. The predicted molar refractivity (Wildman–Crippen MR) is 34.9 cm³/mol. The minimum absolute atomic E-state index is 0. The van der Waals surface area contributed by atoms with Crippen molar-refractivity contribution in [3.63, 3.8) is 0 Å². The molecular weight excluding hydrogens is 202 g/mol. The van der Waals surface area contributed by atoms with Crippen LogP contribution in [0.5, 0.6) is 0 Å². The van der Waals surface area contributed by atoms with Crippen LogP contribution in [0.25, 0.3) is 5.73 Å². The van der Waals surface area contributed by atoms with Gasteiger partial charge < -0.3 is 15.8 Å². The first-order valence-corrected chi connectivity index (χ1v) is 3.27. The molecule has 52 valence electrons. The van der Waals surface area contributed by atoms with E-state index in [9.17, 15) is 4.79 Å². The fraction of sp³-hybridized carbons (Fsp3) is 0.833. The number of carbonyl (C=O) groups excluding carboxylic acids is 1. The van der Waals surface area contributed by atoms with E-state index >= 15 is 0 Å². The van der Waals surface area contributed by atoms with Gasteiger partial charge in [0.2, 0.25) is 0 Å². The summed E-state index contributed by atoms with van der Waals surface area (Å²) in [6, 6.07) is 0. The molecule has 0 bridgehead atoms. The molecule has 1 heterocycles. The van der Waals surface area contributed by atoms with Gasteiger partial charge in [-0.15, -0.1) is 0 Å². The first kappa shape index (κ1) is 11.2. The third kappa shape index (κ3) is 3.58. The maximum atomic E-state index is 10.4. The first-order chi connectivity index (χ1) is 4.30. The fourth-order valence-corrected chi connectivity index (χ4v) is 1.08. The Labute approximate surface area is 110 Å². The molecule has 3 nitrogen and oxygen atoms in total. The van der Waals surface area contributed by atoms with Gasteiger partial charge in [0, 0.05) is 12.5 Å². The van der Waals surface area contributed by atoms with Gasteiger partial charge in [-0.05, 0) is 19.4 Å². The van der Waals surface area contributed by atoms with Crippen molar-refractivity contribution in [2.45, 2.75) is 12.8 Å². The quantitative estimate of drug-likeness (QED) is 0.526. The number of amides is 1. The van der Waals surface area contributed by atoms with E-state index in [1.54, 1.807) is 0 Å². The minimum Gasteiger partial charge on any atom is -0.667 e. The molecule has 4 heteroatoms. The van der Waals surface area contributed by atoms with Gasteiger partial charge in [0.25, 0.3) is 0 Å². The van der Waals surface area contributed by atoms with Crippen LogP contribution in [0.4, 0.5) is 0 Å². The summed E-state index contributed by atoms with van der Waals surface area (Å²) in [4.78, 5) is 10.4. The van der Waals surface area contributed by atoms with Gasteiger partial charge in [-0.2, -0.15) is 0 Å². The molecule has 0 aromatic carbocycles. The third-order valence-electron chi connectivity index (χ3n) is 1.67. The van der Waals surface area contributed by atoms with Crippen LogP contribution in [0.15, 0.2) is 0 Å². The molecule has 1 aliphatic heterocycles. The van der Waals surface area contributed by atoms with E-state index in [1.807, 2.05) is 0 Å². The van der Waals surface area contributed by atoms with Gasteiger partial charge in [-0.1, -0.05) is 0 Å². The number of nitrogens with one attached hydrogen (secondary N) is 2. The smallest absolute Gasteiger partial charge is 0.667 e. The van der Waals surface area contributed by atoms with Crippen molar-refractivity contribution >= 4 is 5.91 Å². The van der Waals surface area contributed by atoms with Gasteiger partial charge >= 0.3 is 58.2 Å². The fourth-order valence-electron chi connectivity index (χ4n) is 1.08. The zero-order valence-electron chi connectivity index (χ0n) is 6.31. The van der Waals surface area contributed by atoms with E-state index in [-0.39, 0.29) is 64.1 Å². The Morgan fingerprint density at radius 2 is 2.30 bits per heavy atom. The molecule has 1 aliphatic rings. The predicted octanol–water partition coefficient (Wildman–Crippen LogP) is -2.43. The molecule has 2 N–H and O–H groups in total. The van der Waals surface area contributed by atoms with Crippen molar-refractivity contribution in [1.29, 1.82) is 0 Å². The maximum absolute atomic E-state index is 10.4. The van der Waals surface area contributed by atoms with Crippen molar-refractivity contribution in [3.05, 3.63) is 5.73 Å². The normalized spacial score (nSPS) is 25.0. The van der Waals surface area contributed by atoms with Gasteiger partial charge in [0.1, 0.15) is 0 Å². The zero-order chi connectivity index (χ0) is 6.69. The van der Waals surface area contributed by atoms with Crippen LogP contribution in [0.1, 0.15) is 12.8 Å². The molecule has 1 fully saturated rings. The van der Waals surface area contributed by atoms with Gasteiger partial charge in [0.15, 0.2) is 0 Å². The van der Waals surface area contributed by atoms with Crippen molar-refractivity contribution in [3.8, 4) is 0 Å². The summed E-state index contributed by atoms with van der Waals surface area (Å²) >= 11 is 0. The van der Waals surface area contributed by atoms with E-state index in [4.69, 9.17) is 5.73 Å². The van der Waals surface area contributed by atoms with Gasteiger partial charge in [-0.3, -0.25) is 0 Å². The monoisotopic (exact) mass is 212 g/mol. The summed E-state index contributed by atoms with van der Waals surface area (Å²) in [6.07, 6.45) is 1.94. The van der Waals surface area contributed by atoms with E-state index in [0.717, 1.165) is 19.4 Å². The average molecular weight is 213 g/mol. The Balaban J connectivity index is 0.000000810. The summed E-state index contributed by atoms with van der Waals surface area (Å²) in [5.74, 6) is -0.444. The summed E-state index contributed by atoms with van der Waals surface area (Å²) in [5, 5.41) is 3.08. The topological polar surface area (TPSA) is 52.9 Å². The molecule has 1 rings (SSSR count). The summed E-state index contributed by atoms with van der Waals surface area (Å²) in [6.45, 7) is 1.71. The average Bonchev–Trinajstić information content (AvgIpc) is 1.90. The van der Waals surface area contributed by atoms with Gasteiger partial charge in [0.05, 0.1) is 5.91 Å². The largest absolute Gasteiger partial charge is 1.00 e. The third-order valence-corrected chi connectivity index (χ3v) is 1.67. The molecule has 0 aromatic rings. The Bertz CT molecular complexity index is 112. The van der Waals surface area contributed by atoms with E-state index in [2.05, 4.69) is 5.32 Å². The van der Waals surface area contributed by atoms with E-state index < -0.39 is 5.91 Å². The Morgan fingerprint density at radius 1 is 1.60 bits per heavy atom. The molecular formula is C6H11N2ORb.